The van der Waals surface area contributed by atoms with Crippen molar-refractivity contribution in [2.24, 2.45) is 0 Å². The van der Waals surface area contributed by atoms with E-state index in [9.17, 15) is 0 Å². The topological polar surface area (TPSA) is 118 Å². The monoisotopic (exact) mass is 2050 g/mol. The van der Waals surface area contributed by atoms with Crippen LogP contribution in [0.1, 0.15) is 702 Å². The third kappa shape index (κ3) is 83.2. The normalized spacial score (nSPS) is 11.6. The van der Waals surface area contributed by atoms with Gasteiger partial charge in [-0.2, -0.15) is 15.0 Å². The van der Waals surface area contributed by atoms with Crippen molar-refractivity contribution in [1.82, 2.24) is 15.0 Å². The van der Waals surface area contributed by atoms with Crippen molar-refractivity contribution >= 4 is 23.3 Å². The predicted molar refractivity (Wildman–Crippen MR) is 647 cm³/mol. The number of hydrogen-bond donors (Lipinski definition) is 2. The Bertz CT molecular complexity index is 3050. The SMILES string of the molecule is [CH2]c1ccc(-c2nc(Nc3cc(OCCCCCCCCCCCCCCCCCCC)c(OCCCCCCCCCCCCCCCCCCC)c(OCCCCCCCCCCCCCCCCCCC)c3)nc(Nc3cc(OCCCCCCCCCCCCCCCCCCC)c(OCCCCCCCCCCCCCCCCCCC)c(OCCCCCCCCCCCCCCCCCCC)c3)n2)cc1. The summed E-state index contributed by atoms with van der Waals surface area (Å²) in [6.45, 7) is 21.8. The summed E-state index contributed by atoms with van der Waals surface area (Å²) in [5.74, 6) is 5.58. The van der Waals surface area contributed by atoms with E-state index in [1.165, 1.54) is 578 Å². The smallest absolute Gasteiger partial charge is 0.232 e. The van der Waals surface area contributed by atoms with E-state index >= 15 is 0 Å². The second-order valence-electron chi connectivity index (χ2n) is 45.9. The van der Waals surface area contributed by atoms with Gasteiger partial charge in [0.15, 0.2) is 28.8 Å². The first-order valence-corrected chi connectivity index (χ1v) is 66.3. The van der Waals surface area contributed by atoms with Gasteiger partial charge in [0.2, 0.25) is 23.4 Å². The molecule has 3 aromatic carbocycles. The number of nitrogens with one attached hydrogen (secondary N) is 2. The average Bonchev–Trinajstić information content (AvgIpc) is 0.798. The Kier molecular flexibility index (Phi) is 97.5. The van der Waals surface area contributed by atoms with E-state index in [2.05, 4.69) is 95.5 Å². The van der Waals surface area contributed by atoms with E-state index in [0.29, 0.717) is 91.9 Å². The van der Waals surface area contributed by atoms with Gasteiger partial charge < -0.3 is 39.1 Å². The van der Waals surface area contributed by atoms with Crippen molar-refractivity contribution < 1.29 is 28.4 Å². The van der Waals surface area contributed by atoms with Gasteiger partial charge in [0.1, 0.15) is 0 Å². The van der Waals surface area contributed by atoms with Gasteiger partial charge >= 0.3 is 0 Å². The Morgan fingerprint density at radius 3 is 0.456 bits per heavy atom. The largest absolute Gasteiger partial charge is 0.489 e. The molecule has 0 fully saturated rings. The first-order chi connectivity index (χ1) is 72.9. The summed E-state index contributed by atoms with van der Waals surface area (Å²) >= 11 is 0. The van der Waals surface area contributed by atoms with Crippen LogP contribution in [-0.2, 0) is 0 Å². The Balaban J connectivity index is 1.67. The fraction of sp³-hybridized carbons (Fsp3) is 0.838. The molecule has 11 heteroatoms. The van der Waals surface area contributed by atoms with E-state index in [0.717, 1.165) is 99.6 Å². The summed E-state index contributed by atoms with van der Waals surface area (Å²) in [4.78, 5) is 15.9. The van der Waals surface area contributed by atoms with Crippen LogP contribution in [-0.4, -0.2) is 54.6 Å². The highest BCUT2D eigenvalue weighted by atomic mass is 16.5. The van der Waals surface area contributed by atoms with Crippen LogP contribution in [0.3, 0.4) is 0 Å². The number of aromatic nitrogens is 3. The number of hydrogen-bond acceptors (Lipinski definition) is 11. The quantitative estimate of drug-likeness (QED) is 0.0412. The molecule has 2 N–H and O–H groups in total. The van der Waals surface area contributed by atoms with Crippen molar-refractivity contribution in [2.75, 3.05) is 50.3 Å². The summed E-state index contributed by atoms with van der Waals surface area (Å²) in [7, 11) is 0. The minimum atomic E-state index is 0.399. The lowest BCUT2D eigenvalue weighted by Gasteiger charge is -2.20. The van der Waals surface area contributed by atoms with Gasteiger partial charge in [-0.05, 0) is 51.0 Å². The molecule has 0 bridgehead atoms. The third-order valence-corrected chi connectivity index (χ3v) is 31.4. The fourth-order valence-corrected chi connectivity index (χ4v) is 21.6. The molecule has 0 amide bonds. The lowest BCUT2D eigenvalue weighted by atomic mass is 10.0. The number of benzene rings is 3. The van der Waals surface area contributed by atoms with Crippen LogP contribution < -0.4 is 39.1 Å². The van der Waals surface area contributed by atoms with Crippen LogP contribution in [0.2, 0.25) is 0 Å². The zero-order chi connectivity index (χ0) is 104. The Hall–Kier alpha value is -4.93. The van der Waals surface area contributed by atoms with E-state index in [4.69, 9.17) is 43.4 Å². The molecule has 0 aliphatic carbocycles. The molecule has 147 heavy (non-hydrogen) atoms. The molecular formula is C136H246N5O6. The summed E-state index contributed by atoms with van der Waals surface area (Å²) in [5, 5.41) is 7.51. The van der Waals surface area contributed by atoms with E-state index < -0.39 is 0 Å². The maximum absolute atomic E-state index is 7.06. The molecule has 4 aromatic rings. The van der Waals surface area contributed by atoms with Crippen LogP contribution in [0.15, 0.2) is 48.5 Å². The molecule has 0 spiro atoms. The van der Waals surface area contributed by atoms with Gasteiger partial charge in [0.05, 0.1) is 39.6 Å². The van der Waals surface area contributed by atoms with Crippen LogP contribution in [0.25, 0.3) is 11.4 Å². The number of nitrogens with zero attached hydrogens (tertiary/aromatic N) is 3. The molecule has 0 atom stereocenters. The maximum Gasteiger partial charge on any atom is 0.232 e. The van der Waals surface area contributed by atoms with Gasteiger partial charge in [-0.15, -0.1) is 0 Å². The minimum absolute atomic E-state index is 0.399. The van der Waals surface area contributed by atoms with Crippen LogP contribution >= 0.6 is 0 Å². The lowest BCUT2D eigenvalue weighted by molar-refractivity contribution is 0.234. The van der Waals surface area contributed by atoms with Crippen LogP contribution in [0.5, 0.6) is 34.5 Å². The molecule has 0 aliphatic heterocycles. The van der Waals surface area contributed by atoms with Crippen molar-refractivity contribution in [1.29, 1.82) is 0 Å². The molecule has 4 rings (SSSR count). The van der Waals surface area contributed by atoms with Crippen LogP contribution in [0.4, 0.5) is 23.3 Å². The Labute approximate surface area is 914 Å². The molecule has 0 saturated carbocycles. The lowest BCUT2D eigenvalue weighted by Crippen LogP contribution is -2.09. The van der Waals surface area contributed by atoms with Crippen molar-refractivity contribution in [3.63, 3.8) is 0 Å². The van der Waals surface area contributed by atoms with Gasteiger partial charge in [0.25, 0.3) is 0 Å². The Morgan fingerprint density at radius 2 is 0.306 bits per heavy atom. The summed E-state index contributed by atoms with van der Waals surface area (Å²) in [5.41, 5.74) is 3.34. The van der Waals surface area contributed by atoms with Gasteiger partial charge in [-0.3, -0.25) is 0 Å². The molecule has 1 aromatic heterocycles. The second-order valence-corrected chi connectivity index (χ2v) is 45.9. The fourth-order valence-electron chi connectivity index (χ4n) is 21.6. The first kappa shape index (κ1) is 134. The first-order valence-electron chi connectivity index (χ1n) is 66.3. The van der Waals surface area contributed by atoms with E-state index in [-0.39, 0.29) is 0 Å². The summed E-state index contributed by atoms with van der Waals surface area (Å²) in [6, 6.07) is 16.7. The highest BCUT2D eigenvalue weighted by molar-refractivity contribution is 5.70. The number of rotatable bonds is 119. The molecule has 851 valence electrons. The molecule has 0 saturated heterocycles. The third-order valence-electron chi connectivity index (χ3n) is 31.4. The van der Waals surface area contributed by atoms with Crippen LogP contribution in [0, 0.1) is 6.92 Å². The maximum atomic E-state index is 7.06. The number of ether oxygens (including phenoxy) is 6. The molecule has 0 unspecified atom stereocenters. The van der Waals surface area contributed by atoms with Crippen molar-refractivity contribution in [3.8, 4) is 45.9 Å². The standard InChI is InChI=1S/C136H246N5O6/c1-8-14-20-26-32-38-44-50-56-62-68-74-80-86-92-98-104-114-142-128-120-126(121-129(143-115-105-99-93-87-81-75-69-63-57-51-45-39-33-27-21-15-9-2)132(128)146-118-108-102-96-90-84-78-72-66-60-54-48-42-36-30-24-18-12-5)137-135-139-134(125-112-110-124(7)111-113-125)140-136(141-135)138-127-122-130(144-116-106-100-94-88-82-76-70-64-58-52-46-40-34-28-22-16-10-3)133(147-119-109-103-97-91-85-79-73-67-61-55-49-43-37-31-25-19-13-6)131(123-127)145-117-107-101-95-89-83-77-71-65-59-53-47-41-35-29-23-17-11-4/h110-113,120-123H,7-109,114-119H2,1-6H3,(H2,137,138,139,140,141). The Morgan fingerprint density at radius 1 is 0.170 bits per heavy atom. The molecule has 0 aliphatic rings. The zero-order valence-electron chi connectivity index (χ0n) is 99.0. The minimum Gasteiger partial charge on any atom is -0.489 e. The van der Waals surface area contributed by atoms with E-state index in [1.807, 2.05) is 12.1 Å². The number of unbranched alkanes of at least 4 members (excludes halogenated alkanes) is 96. The molecule has 1 heterocycles. The summed E-state index contributed by atoms with van der Waals surface area (Å²) in [6.07, 6.45) is 137. The van der Waals surface area contributed by atoms with Gasteiger partial charge in [-0.25, -0.2) is 0 Å². The molecular weight excluding hydrogens is 1800 g/mol. The predicted octanol–water partition coefficient (Wildman–Crippen LogP) is 47.4. The second kappa shape index (κ2) is 107. The summed E-state index contributed by atoms with van der Waals surface area (Å²) < 4.78 is 42.3. The van der Waals surface area contributed by atoms with Crippen molar-refractivity contribution in [2.45, 2.75) is 696 Å². The number of anilines is 4. The molecule has 11 nitrogen and oxygen atoms in total. The van der Waals surface area contributed by atoms with Crippen molar-refractivity contribution in [3.05, 3.63) is 61.0 Å². The highest BCUT2D eigenvalue weighted by Crippen LogP contribution is 2.45. The average molecular weight is 2050 g/mol. The molecule has 1 radical (unpaired) electrons. The highest BCUT2D eigenvalue weighted by Gasteiger charge is 2.22. The zero-order valence-corrected chi connectivity index (χ0v) is 99.0. The van der Waals surface area contributed by atoms with Gasteiger partial charge in [0, 0.05) is 41.2 Å². The van der Waals surface area contributed by atoms with Gasteiger partial charge in [-0.1, -0.05) is 682 Å². The van der Waals surface area contributed by atoms with E-state index in [1.54, 1.807) is 0 Å².